The summed E-state index contributed by atoms with van der Waals surface area (Å²) < 4.78 is 0. The molecule has 1 saturated heterocycles. The van der Waals surface area contributed by atoms with Crippen molar-refractivity contribution in [2.75, 3.05) is 7.05 Å². The van der Waals surface area contributed by atoms with Crippen LogP contribution in [0.5, 0.6) is 0 Å². The third-order valence-electron chi connectivity index (χ3n) is 5.47. The maximum Gasteiger partial charge on any atom is 0.0280 e. The summed E-state index contributed by atoms with van der Waals surface area (Å²) in [5, 5.41) is 0. The van der Waals surface area contributed by atoms with E-state index in [-0.39, 0.29) is 0 Å². The molecular formula is C20H35N. The second-order valence-electron chi connectivity index (χ2n) is 7.15. The van der Waals surface area contributed by atoms with Gasteiger partial charge < -0.3 is 0 Å². The summed E-state index contributed by atoms with van der Waals surface area (Å²) in [6.07, 6.45) is 22.7. The Morgan fingerprint density at radius 1 is 1.10 bits per heavy atom. The second-order valence-corrected chi connectivity index (χ2v) is 7.15. The number of allylic oxidation sites excluding steroid dienone is 1. The fourth-order valence-corrected chi connectivity index (χ4v) is 4.04. The van der Waals surface area contributed by atoms with Gasteiger partial charge in [0.05, 0.1) is 0 Å². The van der Waals surface area contributed by atoms with E-state index < -0.39 is 0 Å². The van der Waals surface area contributed by atoms with Crippen molar-refractivity contribution in [3.05, 3.63) is 24.3 Å². The molecular weight excluding hydrogens is 254 g/mol. The first-order valence-electron chi connectivity index (χ1n) is 9.33. The van der Waals surface area contributed by atoms with E-state index in [1.165, 1.54) is 83.5 Å². The van der Waals surface area contributed by atoms with E-state index in [0.717, 1.165) is 12.1 Å². The van der Waals surface area contributed by atoms with Crippen molar-refractivity contribution in [3.8, 4) is 0 Å². The van der Waals surface area contributed by atoms with Crippen LogP contribution >= 0.6 is 0 Å². The highest BCUT2D eigenvalue weighted by molar-refractivity contribution is 5.15. The van der Waals surface area contributed by atoms with Crippen LogP contribution in [0.3, 0.4) is 0 Å². The van der Waals surface area contributed by atoms with E-state index in [1.807, 2.05) is 6.08 Å². The summed E-state index contributed by atoms with van der Waals surface area (Å²) in [6, 6.07) is 1.62. The molecule has 2 heterocycles. The van der Waals surface area contributed by atoms with Gasteiger partial charge >= 0.3 is 0 Å². The third-order valence-corrected chi connectivity index (χ3v) is 5.47. The number of rotatable bonds is 10. The first-order chi connectivity index (χ1) is 10.3. The number of piperidine rings is 1. The molecule has 1 fully saturated rings. The van der Waals surface area contributed by atoms with Gasteiger partial charge in [-0.2, -0.15) is 0 Å². The van der Waals surface area contributed by atoms with Gasteiger partial charge in [0.15, 0.2) is 0 Å². The average Bonchev–Trinajstić information content (AvgIpc) is 2.46. The van der Waals surface area contributed by atoms with E-state index in [4.69, 9.17) is 0 Å². The van der Waals surface area contributed by atoms with Crippen molar-refractivity contribution in [3.63, 3.8) is 0 Å². The molecule has 0 radical (unpaired) electrons. The lowest BCUT2D eigenvalue weighted by Crippen LogP contribution is -2.45. The Kier molecular flexibility index (Phi) is 7.57. The summed E-state index contributed by atoms with van der Waals surface area (Å²) in [5.41, 5.74) is 1.77. The Morgan fingerprint density at radius 2 is 1.81 bits per heavy atom. The van der Waals surface area contributed by atoms with Crippen LogP contribution in [0.2, 0.25) is 0 Å². The lowest BCUT2D eigenvalue weighted by molar-refractivity contribution is 0.128. The van der Waals surface area contributed by atoms with Gasteiger partial charge in [-0.05, 0) is 52.0 Å². The summed E-state index contributed by atoms with van der Waals surface area (Å²) in [4.78, 5) is 2.62. The minimum Gasteiger partial charge on any atom is -0.297 e. The minimum atomic E-state index is 0.761. The van der Waals surface area contributed by atoms with Gasteiger partial charge in [0.25, 0.3) is 0 Å². The van der Waals surface area contributed by atoms with Gasteiger partial charge in [-0.15, -0.1) is 6.58 Å². The van der Waals surface area contributed by atoms with E-state index in [1.54, 1.807) is 5.57 Å². The normalized spacial score (nSPS) is 25.7. The maximum absolute atomic E-state index is 3.78. The molecule has 0 aliphatic carbocycles. The molecule has 0 aromatic carbocycles. The predicted octanol–water partition coefficient (Wildman–Crippen LogP) is 5.87. The first-order valence-corrected chi connectivity index (χ1v) is 9.33. The predicted molar refractivity (Wildman–Crippen MR) is 93.6 cm³/mol. The van der Waals surface area contributed by atoms with Crippen molar-refractivity contribution >= 4 is 0 Å². The fourth-order valence-electron chi connectivity index (χ4n) is 4.04. The molecule has 2 atom stereocenters. The molecule has 0 aromatic rings. The zero-order valence-electron chi connectivity index (χ0n) is 14.2. The number of likely N-dealkylation sites (N-methyl/N-ethyl adjacent to an activating group) is 1. The maximum atomic E-state index is 3.78. The summed E-state index contributed by atoms with van der Waals surface area (Å²) >= 11 is 0. The van der Waals surface area contributed by atoms with Gasteiger partial charge in [0.2, 0.25) is 0 Å². The van der Waals surface area contributed by atoms with E-state index in [0.29, 0.717) is 0 Å². The lowest BCUT2D eigenvalue weighted by atomic mass is 9.84. The van der Waals surface area contributed by atoms with Crippen molar-refractivity contribution in [1.82, 2.24) is 4.90 Å². The van der Waals surface area contributed by atoms with Crippen LogP contribution < -0.4 is 0 Å². The molecule has 2 aliphatic heterocycles. The Bertz CT molecular complexity index is 331. The SMILES string of the molecule is C=CCCCCCCCCCC1=CC2CCCC(C1)N2C. The highest BCUT2D eigenvalue weighted by Gasteiger charge is 2.30. The Hall–Kier alpha value is -0.560. The van der Waals surface area contributed by atoms with Crippen molar-refractivity contribution in [1.29, 1.82) is 0 Å². The van der Waals surface area contributed by atoms with Gasteiger partial charge in [-0.3, -0.25) is 4.90 Å². The lowest BCUT2D eigenvalue weighted by Gasteiger charge is -2.42. The molecule has 0 amide bonds. The quantitative estimate of drug-likeness (QED) is 0.359. The van der Waals surface area contributed by atoms with Crippen LogP contribution in [-0.4, -0.2) is 24.0 Å². The van der Waals surface area contributed by atoms with E-state index in [9.17, 15) is 0 Å². The molecule has 2 unspecified atom stereocenters. The van der Waals surface area contributed by atoms with Crippen molar-refractivity contribution in [2.24, 2.45) is 0 Å². The molecule has 1 heteroatoms. The standard InChI is InChI=1S/C20H35N/c1-3-4-5-6-7-8-9-10-11-13-18-16-19-14-12-15-20(17-18)21(19)2/h3,16,19-20H,1,4-15,17H2,2H3. The smallest absolute Gasteiger partial charge is 0.0280 e. The van der Waals surface area contributed by atoms with E-state index >= 15 is 0 Å². The number of hydrogen-bond donors (Lipinski definition) is 0. The molecule has 0 saturated carbocycles. The molecule has 2 aliphatic rings. The summed E-state index contributed by atoms with van der Waals surface area (Å²) in [7, 11) is 2.33. The molecule has 1 nitrogen and oxygen atoms in total. The van der Waals surface area contributed by atoms with Gasteiger partial charge in [-0.25, -0.2) is 0 Å². The number of hydrogen-bond acceptors (Lipinski definition) is 1. The van der Waals surface area contributed by atoms with Crippen LogP contribution in [-0.2, 0) is 0 Å². The Labute approximate surface area is 132 Å². The largest absolute Gasteiger partial charge is 0.297 e. The van der Waals surface area contributed by atoms with Crippen LogP contribution in [0.1, 0.15) is 83.5 Å². The minimum absolute atomic E-state index is 0.761. The molecule has 0 aromatic heterocycles. The summed E-state index contributed by atoms with van der Waals surface area (Å²) in [6.45, 7) is 3.78. The number of fused-ring (bicyclic) bond motifs is 2. The summed E-state index contributed by atoms with van der Waals surface area (Å²) in [5.74, 6) is 0. The average molecular weight is 290 g/mol. The third kappa shape index (κ3) is 5.62. The fraction of sp³-hybridized carbons (Fsp3) is 0.800. The zero-order chi connectivity index (χ0) is 14.9. The first kappa shape index (κ1) is 16.8. The number of unbranched alkanes of at least 4 members (excludes halogenated alkanes) is 7. The Morgan fingerprint density at radius 3 is 2.52 bits per heavy atom. The highest BCUT2D eigenvalue weighted by Crippen LogP contribution is 2.33. The van der Waals surface area contributed by atoms with Crippen LogP contribution in [0, 0.1) is 0 Å². The molecule has 2 bridgehead atoms. The van der Waals surface area contributed by atoms with Gasteiger partial charge in [0.1, 0.15) is 0 Å². The van der Waals surface area contributed by atoms with E-state index in [2.05, 4.69) is 24.6 Å². The zero-order valence-corrected chi connectivity index (χ0v) is 14.2. The van der Waals surface area contributed by atoms with Crippen LogP contribution in [0.4, 0.5) is 0 Å². The Balaban J connectivity index is 1.52. The molecule has 0 spiro atoms. The molecule has 21 heavy (non-hydrogen) atoms. The van der Waals surface area contributed by atoms with Gasteiger partial charge in [-0.1, -0.05) is 56.3 Å². The van der Waals surface area contributed by atoms with Crippen molar-refractivity contribution < 1.29 is 0 Å². The van der Waals surface area contributed by atoms with Crippen molar-refractivity contribution in [2.45, 2.75) is 95.6 Å². The van der Waals surface area contributed by atoms with Crippen LogP contribution in [0.25, 0.3) is 0 Å². The van der Waals surface area contributed by atoms with Crippen LogP contribution in [0.15, 0.2) is 24.3 Å². The molecule has 2 rings (SSSR count). The molecule has 0 N–H and O–H groups in total. The highest BCUT2D eigenvalue weighted by atomic mass is 15.2. The number of nitrogens with zero attached hydrogens (tertiary/aromatic N) is 1. The topological polar surface area (TPSA) is 3.24 Å². The molecule has 120 valence electrons. The monoisotopic (exact) mass is 289 g/mol. The van der Waals surface area contributed by atoms with Gasteiger partial charge in [0, 0.05) is 12.1 Å². The second kappa shape index (κ2) is 9.46.